The molecule has 1 atom stereocenters. The Hall–Kier alpha value is -1.76. The van der Waals surface area contributed by atoms with Crippen LogP contribution in [0.1, 0.15) is 6.92 Å². The van der Waals surface area contributed by atoms with Gasteiger partial charge in [0.1, 0.15) is 6.04 Å². The molecule has 0 bridgehead atoms. The normalized spacial score (nSPS) is 11.9. The number of thiol groups is 1. The summed E-state index contributed by atoms with van der Waals surface area (Å²) >= 11 is 0. The van der Waals surface area contributed by atoms with E-state index in [-0.39, 0.29) is 5.97 Å². The lowest BCUT2D eigenvalue weighted by atomic mass is 10.2. The molecular weight excluding hydrogens is 244 g/mol. The second-order valence-electron chi connectivity index (χ2n) is 3.34. The summed E-state index contributed by atoms with van der Waals surface area (Å²) in [6.45, 7) is 1.67. The summed E-state index contributed by atoms with van der Waals surface area (Å²) < 4.78 is 27.6. The van der Waals surface area contributed by atoms with Crippen molar-refractivity contribution in [1.29, 1.82) is 0 Å². The lowest BCUT2D eigenvalue weighted by Gasteiger charge is -2.12. The number of rotatable bonds is 5. The molecule has 17 heavy (non-hydrogen) atoms. The zero-order chi connectivity index (χ0) is 12.8. The van der Waals surface area contributed by atoms with Gasteiger partial charge in [0, 0.05) is 11.4 Å². The fourth-order valence-electron chi connectivity index (χ4n) is 1.23. The highest BCUT2D eigenvalue weighted by Gasteiger charge is 2.11. The number of hydrogen-bond donors (Lipinski definition) is 3. The largest absolute Gasteiger partial charge is 0.467 e. The lowest BCUT2D eigenvalue weighted by molar-refractivity contribution is -0.141. The van der Waals surface area contributed by atoms with E-state index in [1.54, 1.807) is 31.2 Å². The topological polar surface area (TPSA) is 84.5 Å². The van der Waals surface area contributed by atoms with E-state index in [1.165, 1.54) is 7.11 Å². The molecule has 0 aliphatic heterocycles. The van der Waals surface area contributed by atoms with E-state index in [9.17, 15) is 13.2 Å². The number of benzene rings is 1. The minimum absolute atomic E-state index is 0.366. The van der Waals surface area contributed by atoms with Crippen molar-refractivity contribution >= 4 is 28.2 Å². The lowest BCUT2D eigenvalue weighted by Crippen LogP contribution is -2.27. The molecule has 0 spiro atoms. The van der Waals surface area contributed by atoms with E-state index < -0.39 is 16.9 Å². The average Bonchev–Trinajstić information content (AvgIpc) is 2.30. The summed E-state index contributed by atoms with van der Waals surface area (Å²) in [7, 11) is -1.34. The molecule has 6 nitrogen and oxygen atoms in total. The molecule has 1 aromatic rings. The SMILES string of the molecule is COC(=O)C(C)Nc1ccc(N[SH](=O)=O)cc1. The molecule has 2 N–H and O–H groups in total. The Labute approximate surface area is 101 Å². The quantitative estimate of drug-likeness (QED) is 0.532. The summed E-state index contributed by atoms with van der Waals surface area (Å²) in [5.74, 6) is -0.366. The summed E-state index contributed by atoms with van der Waals surface area (Å²) in [4.78, 5) is 11.2. The third-order valence-electron chi connectivity index (χ3n) is 2.04. The highest BCUT2D eigenvalue weighted by Crippen LogP contribution is 2.14. The molecule has 0 amide bonds. The van der Waals surface area contributed by atoms with Gasteiger partial charge in [0.15, 0.2) is 0 Å². The van der Waals surface area contributed by atoms with Crippen molar-refractivity contribution in [3.63, 3.8) is 0 Å². The predicted molar refractivity (Wildman–Crippen MR) is 65.5 cm³/mol. The number of carbonyl (C=O) groups excluding carboxylic acids is 1. The summed E-state index contributed by atoms with van der Waals surface area (Å²) in [5, 5.41) is 2.92. The van der Waals surface area contributed by atoms with Gasteiger partial charge >= 0.3 is 5.97 Å². The molecule has 0 aliphatic rings. The van der Waals surface area contributed by atoms with Gasteiger partial charge in [-0.3, -0.25) is 4.72 Å². The minimum Gasteiger partial charge on any atom is -0.467 e. The third kappa shape index (κ3) is 4.31. The zero-order valence-electron chi connectivity index (χ0n) is 9.47. The molecule has 0 heterocycles. The van der Waals surface area contributed by atoms with Crippen molar-refractivity contribution in [2.75, 3.05) is 17.1 Å². The van der Waals surface area contributed by atoms with Crippen LogP contribution in [-0.2, 0) is 20.4 Å². The van der Waals surface area contributed by atoms with Crippen LogP contribution >= 0.6 is 0 Å². The van der Waals surface area contributed by atoms with E-state index in [1.807, 2.05) is 0 Å². The summed E-state index contributed by atoms with van der Waals surface area (Å²) in [6.07, 6.45) is 0. The molecule has 0 aliphatic carbocycles. The number of methoxy groups -OCH3 is 1. The second-order valence-corrected chi connectivity index (χ2v) is 4.07. The Balaban J connectivity index is 2.65. The Bertz CT molecular complexity index is 448. The van der Waals surface area contributed by atoms with Gasteiger partial charge < -0.3 is 10.1 Å². The second kappa shape index (κ2) is 6.09. The molecule has 0 aromatic heterocycles. The Morgan fingerprint density at radius 2 is 1.76 bits per heavy atom. The van der Waals surface area contributed by atoms with Crippen molar-refractivity contribution in [2.45, 2.75) is 13.0 Å². The standard InChI is InChI=1S/C10H14N2O4S/c1-7(10(13)16-2)11-8-3-5-9(6-4-8)12-17(14)15/h3-7,11,17H,1-2H3,(H,12,14,15). The van der Waals surface area contributed by atoms with E-state index in [0.717, 1.165) is 0 Å². The Morgan fingerprint density at radius 1 is 1.24 bits per heavy atom. The van der Waals surface area contributed by atoms with Crippen molar-refractivity contribution in [1.82, 2.24) is 0 Å². The van der Waals surface area contributed by atoms with Gasteiger partial charge in [-0.15, -0.1) is 0 Å². The highest BCUT2D eigenvalue weighted by molar-refractivity contribution is 7.73. The van der Waals surface area contributed by atoms with Gasteiger partial charge in [-0.2, -0.15) is 0 Å². The summed E-state index contributed by atoms with van der Waals surface area (Å²) in [6, 6.07) is 6.06. The summed E-state index contributed by atoms with van der Waals surface area (Å²) in [5.41, 5.74) is 1.17. The minimum atomic E-state index is -2.66. The first-order valence-corrected chi connectivity index (χ1v) is 6.06. The third-order valence-corrected chi connectivity index (χ3v) is 2.48. The van der Waals surface area contributed by atoms with Crippen molar-refractivity contribution in [3.8, 4) is 0 Å². The van der Waals surface area contributed by atoms with Crippen LogP contribution in [0.5, 0.6) is 0 Å². The Morgan fingerprint density at radius 3 is 2.24 bits per heavy atom. The number of carbonyl (C=O) groups is 1. The van der Waals surface area contributed by atoms with Gasteiger partial charge in [-0.25, -0.2) is 13.2 Å². The molecule has 1 aromatic carbocycles. The van der Waals surface area contributed by atoms with Crippen molar-refractivity contribution in [2.24, 2.45) is 0 Å². The first kappa shape index (κ1) is 13.3. The van der Waals surface area contributed by atoms with Crippen LogP contribution < -0.4 is 10.0 Å². The molecule has 1 unspecified atom stereocenters. The van der Waals surface area contributed by atoms with Crippen molar-refractivity contribution in [3.05, 3.63) is 24.3 Å². The molecule has 94 valence electrons. The number of esters is 1. The van der Waals surface area contributed by atoms with Crippen LogP contribution in [-0.4, -0.2) is 27.5 Å². The van der Waals surface area contributed by atoms with E-state index in [0.29, 0.717) is 11.4 Å². The maximum Gasteiger partial charge on any atom is 0.327 e. The number of nitrogens with one attached hydrogen (secondary N) is 2. The Kier molecular flexibility index (Phi) is 4.77. The molecule has 0 saturated carbocycles. The predicted octanol–water partition coefficient (Wildman–Crippen LogP) is 0.598. The molecule has 0 fully saturated rings. The molecule has 1 rings (SSSR count). The number of anilines is 2. The highest BCUT2D eigenvalue weighted by atomic mass is 32.2. The number of hydrogen-bond acceptors (Lipinski definition) is 5. The van der Waals surface area contributed by atoms with Crippen LogP contribution in [0.15, 0.2) is 24.3 Å². The first-order valence-electron chi connectivity index (χ1n) is 4.88. The van der Waals surface area contributed by atoms with Crippen molar-refractivity contribution < 1.29 is 17.9 Å². The fraction of sp³-hybridized carbons (Fsp3) is 0.300. The van der Waals surface area contributed by atoms with Crippen LogP contribution in [0.3, 0.4) is 0 Å². The molecule has 7 heteroatoms. The number of ether oxygens (including phenoxy) is 1. The van der Waals surface area contributed by atoms with Crippen LogP contribution in [0.2, 0.25) is 0 Å². The van der Waals surface area contributed by atoms with Gasteiger partial charge in [0.05, 0.1) is 7.11 Å². The smallest absolute Gasteiger partial charge is 0.327 e. The maximum atomic E-state index is 11.2. The molecule has 0 saturated heterocycles. The molecular formula is C10H14N2O4S. The first-order chi connectivity index (χ1) is 8.02. The maximum absolute atomic E-state index is 11.2. The van der Waals surface area contributed by atoms with Gasteiger partial charge in [-0.1, -0.05) is 0 Å². The van der Waals surface area contributed by atoms with Crippen LogP contribution in [0.4, 0.5) is 11.4 Å². The van der Waals surface area contributed by atoms with E-state index in [4.69, 9.17) is 0 Å². The zero-order valence-corrected chi connectivity index (χ0v) is 10.4. The van der Waals surface area contributed by atoms with E-state index in [2.05, 4.69) is 14.8 Å². The van der Waals surface area contributed by atoms with E-state index >= 15 is 0 Å². The van der Waals surface area contributed by atoms with Crippen LogP contribution in [0, 0.1) is 0 Å². The monoisotopic (exact) mass is 258 g/mol. The fourth-order valence-corrected chi connectivity index (χ4v) is 1.59. The molecule has 0 radical (unpaired) electrons. The van der Waals surface area contributed by atoms with Crippen LogP contribution in [0.25, 0.3) is 0 Å². The van der Waals surface area contributed by atoms with Gasteiger partial charge in [0.2, 0.25) is 10.9 Å². The van der Waals surface area contributed by atoms with Gasteiger partial charge in [-0.05, 0) is 31.2 Å². The van der Waals surface area contributed by atoms with Gasteiger partial charge in [0.25, 0.3) is 0 Å². The average molecular weight is 258 g/mol.